The quantitative estimate of drug-likeness (QED) is 0.316. The molecule has 33 heavy (non-hydrogen) atoms. The summed E-state index contributed by atoms with van der Waals surface area (Å²) in [6, 6.07) is 11.2. The fraction of sp³-hybridized carbons (Fsp3) is 0.190. The van der Waals surface area contributed by atoms with Crippen LogP contribution in [-0.2, 0) is 9.53 Å². The van der Waals surface area contributed by atoms with Crippen LogP contribution in [0.5, 0.6) is 0 Å². The Morgan fingerprint density at radius 1 is 1.15 bits per heavy atom. The van der Waals surface area contributed by atoms with Crippen molar-refractivity contribution in [1.29, 1.82) is 0 Å². The monoisotopic (exact) mass is 468 g/mol. The van der Waals surface area contributed by atoms with E-state index < -0.39 is 22.8 Å². The Labute approximate surface area is 192 Å². The van der Waals surface area contributed by atoms with Crippen molar-refractivity contribution in [3.8, 4) is 0 Å². The molecule has 12 heteroatoms. The molecule has 1 atom stereocenters. The molecule has 0 saturated heterocycles. The maximum absolute atomic E-state index is 13.4. The molecule has 2 heterocycles. The van der Waals surface area contributed by atoms with Gasteiger partial charge in [0.2, 0.25) is 0 Å². The van der Waals surface area contributed by atoms with Gasteiger partial charge in [-0.15, -0.1) is 0 Å². The van der Waals surface area contributed by atoms with Gasteiger partial charge in [-0.2, -0.15) is 4.68 Å². The Kier molecular flexibility index (Phi) is 5.88. The molecule has 1 amide bonds. The van der Waals surface area contributed by atoms with Gasteiger partial charge in [0.25, 0.3) is 17.5 Å². The molecule has 1 aromatic heterocycles. The lowest BCUT2D eigenvalue weighted by molar-refractivity contribution is -0.384. The van der Waals surface area contributed by atoms with Crippen molar-refractivity contribution < 1.29 is 19.2 Å². The zero-order valence-corrected chi connectivity index (χ0v) is 18.3. The number of hydrogen-bond donors (Lipinski definition) is 0. The highest BCUT2D eigenvalue weighted by atomic mass is 35.5. The number of halogens is 1. The molecule has 0 radical (unpaired) electrons. The second kappa shape index (κ2) is 8.79. The van der Waals surface area contributed by atoms with E-state index in [-0.39, 0.29) is 35.1 Å². The standard InChI is InChI=1S/C21H17ClN6O5/c1-3-33-20(30)17-12(2)26(19(29)14-6-10-16(11-7-14)28(31)32)21-23-24-25-27(21)18(17)13-4-8-15(22)9-5-13/h4-11,18H,3H2,1-2H3. The molecular weight excluding hydrogens is 452 g/mol. The molecule has 0 aliphatic carbocycles. The highest BCUT2D eigenvalue weighted by Gasteiger charge is 2.41. The molecule has 11 nitrogen and oxygen atoms in total. The number of nitro groups is 1. The van der Waals surface area contributed by atoms with Gasteiger partial charge >= 0.3 is 5.97 Å². The number of non-ortho nitro benzene ring substituents is 1. The number of carbonyl (C=O) groups is 2. The summed E-state index contributed by atoms with van der Waals surface area (Å²) in [5, 5.41) is 23.2. The van der Waals surface area contributed by atoms with Crippen LogP contribution in [0.25, 0.3) is 0 Å². The number of benzene rings is 2. The highest BCUT2D eigenvalue weighted by Crippen LogP contribution is 2.39. The topological polar surface area (TPSA) is 133 Å². The number of nitrogens with zero attached hydrogens (tertiary/aromatic N) is 6. The van der Waals surface area contributed by atoms with Gasteiger partial charge < -0.3 is 4.74 Å². The Balaban J connectivity index is 1.86. The van der Waals surface area contributed by atoms with E-state index in [4.69, 9.17) is 16.3 Å². The number of allylic oxidation sites excluding steroid dienone is 1. The number of rotatable bonds is 5. The fourth-order valence-corrected chi connectivity index (χ4v) is 3.74. The summed E-state index contributed by atoms with van der Waals surface area (Å²) < 4.78 is 6.63. The molecule has 2 aromatic carbocycles. The van der Waals surface area contributed by atoms with E-state index in [1.165, 1.54) is 33.8 Å². The van der Waals surface area contributed by atoms with Crippen molar-refractivity contribution in [2.45, 2.75) is 19.9 Å². The summed E-state index contributed by atoms with van der Waals surface area (Å²) in [5.74, 6) is -1.10. The van der Waals surface area contributed by atoms with Crippen molar-refractivity contribution >= 4 is 35.1 Å². The molecule has 1 aliphatic rings. The summed E-state index contributed by atoms with van der Waals surface area (Å²) in [6.45, 7) is 3.40. The molecule has 0 fully saturated rings. The molecular formula is C21H17ClN6O5. The molecule has 1 unspecified atom stereocenters. The smallest absolute Gasteiger partial charge is 0.338 e. The third-order valence-corrected chi connectivity index (χ3v) is 5.38. The molecule has 3 aromatic rings. The number of aromatic nitrogens is 4. The van der Waals surface area contributed by atoms with Gasteiger partial charge in [-0.3, -0.25) is 14.9 Å². The van der Waals surface area contributed by atoms with Gasteiger partial charge in [-0.25, -0.2) is 9.69 Å². The first-order valence-electron chi connectivity index (χ1n) is 9.83. The zero-order valence-electron chi connectivity index (χ0n) is 17.5. The molecule has 0 saturated carbocycles. The van der Waals surface area contributed by atoms with Gasteiger partial charge in [0.1, 0.15) is 6.04 Å². The molecule has 1 aliphatic heterocycles. The normalized spacial score (nSPS) is 15.2. The minimum Gasteiger partial charge on any atom is -0.463 e. The lowest BCUT2D eigenvalue weighted by Crippen LogP contribution is -2.40. The van der Waals surface area contributed by atoms with Crippen LogP contribution in [-0.4, -0.2) is 43.6 Å². The molecule has 0 spiro atoms. The zero-order chi connectivity index (χ0) is 23.7. The Morgan fingerprint density at radius 3 is 2.42 bits per heavy atom. The second-order valence-electron chi connectivity index (χ2n) is 7.04. The number of esters is 1. The third kappa shape index (κ3) is 3.94. The van der Waals surface area contributed by atoms with Gasteiger partial charge in [0.05, 0.1) is 17.1 Å². The summed E-state index contributed by atoms with van der Waals surface area (Å²) in [6.07, 6.45) is 0. The number of ether oxygens (including phenoxy) is 1. The molecule has 4 rings (SSSR count). The van der Waals surface area contributed by atoms with Crippen LogP contribution in [0.1, 0.15) is 35.8 Å². The SMILES string of the molecule is CCOC(=O)C1=C(C)N(C(=O)c2ccc([N+](=O)[O-])cc2)c2nnnn2C1c1ccc(Cl)cc1. The average molecular weight is 469 g/mol. The number of anilines is 1. The first-order chi connectivity index (χ1) is 15.8. The number of tetrazole rings is 1. The van der Waals surface area contributed by atoms with E-state index in [1.54, 1.807) is 38.1 Å². The van der Waals surface area contributed by atoms with Crippen LogP contribution in [0.4, 0.5) is 11.6 Å². The largest absolute Gasteiger partial charge is 0.463 e. The van der Waals surface area contributed by atoms with Crippen molar-refractivity contribution in [2.75, 3.05) is 11.5 Å². The third-order valence-electron chi connectivity index (χ3n) is 5.13. The Hall–Kier alpha value is -4.12. The van der Waals surface area contributed by atoms with E-state index in [0.717, 1.165) is 0 Å². The summed E-state index contributed by atoms with van der Waals surface area (Å²) in [4.78, 5) is 38.0. The Morgan fingerprint density at radius 2 is 1.82 bits per heavy atom. The van der Waals surface area contributed by atoms with E-state index in [2.05, 4.69) is 15.5 Å². The van der Waals surface area contributed by atoms with Crippen LogP contribution in [0.15, 0.2) is 59.8 Å². The van der Waals surface area contributed by atoms with Crippen LogP contribution in [0.2, 0.25) is 5.02 Å². The van der Waals surface area contributed by atoms with Crippen LogP contribution in [0, 0.1) is 10.1 Å². The lowest BCUT2D eigenvalue weighted by atomic mass is 9.95. The van der Waals surface area contributed by atoms with Gasteiger partial charge in [-0.1, -0.05) is 28.8 Å². The van der Waals surface area contributed by atoms with Crippen molar-refractivity contribution in [3.05, 3.63) is 86.1 Å². The van der Waals surface area contributed by atoms with E-state index in [0.29, 0.717) is 10.6 Å². The predicted molar refractivity (Wildman–Crippen MR) is 117 cm³/mol. The maximum atomic E-state index is 13.4. The van der Waals surface area contributed by atoms with Crippen LogP contribution >= 0.6 is 11.6 Å². The number of nitro benzene ring substituents is 1. The van der Waals surface area contributed by atoms with Crippen molar-refractivity contribution in [1.82, 2.24) is 20.2 Å². The number of amides is 1. The van der Waals surface area contributed by atoms with Crippen molar-refractivity contribution in [3.63, 3.8) is 0 Å². The fourth-order valence-electron chi connectivity index (χ4n) is 3.61. The predicted octanol–water partition coefficient (Wildman–Crippen LogP) is 3.32. The van der Waals surface area contributed by atoms with Gasteiger partial charge in [0, 0.05) is 28.4 Å². The summed E-state index contributed by atoms with van der Waals surface area (Å²) in [5.41, 5.74) is 1.12. The molecule has 0 N–H and O–H groups in total. The van der Waals surface area contributed by atoms with E-state index in [9.17, 15) is 19.7 Å². The Bertz CT molecular complexity index is 1270. The highest BCUT2D eigenvalue weighted by molar-refractivity contribution is 6.30. The van der Waals surface area contributed by atoms with Gasteiger partial charge in [-0.05, 0) is 54.1 Å². The molecule has 168 valence electrons. The average Bonchev–Trinajstić information content (AvgIpc) is 3.28. The minimum atomic E-state index is -0.757. The summed E-state index contributed by atoms with van der Waals surface area (Å²) in [7, 11) is 0. The first kappa shape index (κ1) is 22.1. The van der Waals surface area contributed by atoms with E-state index >= 15 is 0 Å². The number of fused-ring (bicyclic) bond motifs is 1. The first-order valence-corrected chi connectivity index (χ1v) is 10.2. The second-order valence-corrected chi connectivity index (χ2v) is 7.48. The minimum absolute atomic E-state index is 0.0869. The molecule has 0 bridgehead atoms. The lowest BCUT2D eigenvalue weighted by Gasteiger charge is -2.33. The van der Waals surface area contributed by atoms with Crippen molar-refractivity contribution in [2.24, 2.45) is 0 Å². The van der Waals surface area contributed by atoms with Gasteiger partial charge in [0.15, 0.2) is 0 Å². The number of hydrogen-bond acceptors (Lipinski definition) is 8. The van der Waals surface area contributed by atoms with Crippen LogP contribution in [0.3, 0.4) is 0 Å². The number of carbonyl (C=O) groups excluding carboxylic acids is 2. The summed E-state index contributed by atoms with van der Waals surface area (Å²) >= 11 is 6.02. The maximum Gasteiger partial charge on any atom is 0.338 e. The van der Waals surface area contributed by atoms with Crippen LogP contribution < -0.4 is 4.90 Å². The van der Waals surface area contributed by atoms with E-state index in [1.807, 2.05) is 0 Å².